The highest BCUT2D eigenvalue weighted by Gasteiger charge is 2.35. The third kappa shape index (κ3) is 6.79. The Kier molecular flexibility index (Phi) is 8.86. The van der Waals surface area contributed by atoms with Crippen molar-refractivity contribution in [3.05, 3.63) is 75.7 Å². The van der Waals surface area contributed by atoms with Crippen LogP contribution in [0.25, 0.3) is 11.2 Å². The number of halogens is 3. The number of fused-ring (bicyclic) bond motifs is 2. The van der Waals surface area contributed by atoms with Crippen molar-refractivity contribution in [2.75, 3.05) is 44.6 Å². The molecule has 0 spiro atoms. The first-order chi connectivity index (χ1) is 22.1. The van der Waals surface area contributed by atoms with Crippen molar-refractivity contribution < 1.29 is 22.7 Å². The lowest BCUT2D eigenvalue weighted by Crippen LogP contribution is -2.45. The molecular formula is C31H34F3N9O3. The minimum atomic E-state index is -4.57. The third-order valence-electron chi connectivity index (χ3n) is 8.47. The Hall–Kier alpha value is -4.63. The Bertz CT molecular complexity index is 1790. The number of benzene rings is 1. The van der Waals surface area contributed by atoms with Gasteiger partial charge in [-0.1, -0.05) is 19.9 Å². The topological polar surface area (TPSA) is 132 Å². The van der Waals surface area contributed by atoms with E-state index in [0.29, 0.717) is 31.8 Å². The molecule has 2 aliphatic rings. The predicted molar refractivity (Wildman–Crippen MR) is 164 cm³/mol. The minimum Gasteiger partial charge on any atom is -0.435 e. The zero-order valence-electron chi connectivity index (χ0n) is 25.5. The van der Waals surface area contributed by atoms with Gasteiger partial charge < -0.3 is 24.8 Å². The van der Waals surface area contributed by atoms with Gasteiger partial charge in [-0.25, -0.2) is 14.8 Å². The number of rotatable bonds is 7. The summed E-state index contributed by atoms with van der Waals surface area (Å²) in [6.07, 6.45) is 0.0228. The molecule has 15 heteroatoms. The lowest BCUT2D eigenvalue weighted by Gasteiger charge is -2.34. The summed E-state index contributed by atoms with van der Waals surface area (Å²) in [5.41, 5.74) is 1.13. The van der Waals surface area contributed by atoms with Gasteiger partial charge in [-0.15, -0.1) is 0 Å². The maximum Gasteiger partial charge on any atom is 0.416 e. The number of carbonyl (C=O) groups is 1. The van der Waals surface area contributed by atoms with Gasteiger partial charge >= 0.3 is 12.2 Å². The van der Waals surface area contributed by atoms with Crippen LogP contribution < -0.4 is 15.6 Å². The Balaban J connectivity index is 1.18. The number of nitrogens with one attached hydrogen (secondary N) is 2. The molecule has 1 atom stereocenters. The second kappa shape index (κ2) is 13.0. The Morgan fingerprint density at radius 1 is 1.04 bits per heavy atom. The Morgan fingerprint density at radius 3 is 2.57 bits per heavy atom. The zero-order chi connectivity index (χ0) is 32.4. The molecule has 1 aromatic carbocycles. The molecule has 0 bridgehead atoms. The first-order valence-corrected chi connectivity index (χ1v) is 15.2. The van der Waals surface area contributed by atoms with E-state index in [4.69, 9.17) is 4.74 Å². The third-order valence-corrected chi connectivity index (χ3v) is 8.47. The molecule has 1 unspecified atom stereocenters. The lowest BCUT2D eigenvalue weighted by molar-refractivity contribution is -0.138. The zero-order valence-corrected chi connectivity index (χ0v) is 25.5. The van der Waals surface area contributed by atoms with E-state index in [1.807, 2.05) is 11.8 Å². The number of amides is 2. The molecule has 2 amide bonds. The number of carbonyl (C=O) groups excluding carboxylic acids is 1. The molecule has 242 valence electrons. The van der Waals surface area contributed by atoms with E-state index < -0.39 is 23.3 Å². The molecular weight excluding hydrogens is 603 g/mol. The van der Waals surface area contributed by atoms with E-state index in [1.165, 1.54) is 18.5 Å². The number of pyridine rings is 1. The molecule has 1 saturated heterocycles. The molecule has 2 N–H and O–H groups in total. The van der Waals surface area contributed by atoms with Gasteiger partial charge in [-0.05, 0) is 42.3 Å². The van der Waals surface area contributed by atoms with Crippen molar-refractivity contribution in [1.29, 1.82) is 0 Å². The summed E-state index contributed by atoms with van der Waals surface area (Å²) in [5.74, 6) is 0.370. The second-order valence-electron chi connectivity index (χ2n) is 11.4. The number of nitrogens with zero attached hydrogens (tertiary/aromatic N) is 7. The van der Waals surface area contributed by atoms with Gasteiger partial charge in [0, 0.05) is 57.4 Å². The van der Waals surface area contributed by atoms with Crippen LogP contribution in [0.15, 0.2) is 47.8 Å². The summed E-state index contributed by atoms with van der Waals surface area (Å²) in [6, 6.07) is 5.24. The van der Waals surface area contributed by atoms with Crippen LogP contribution in [0.5, 0.6) is 11.6 Å². The van der Waals surface area contributed by atoms with Crippen LogP contribution in [-0.2, 0) is 19.3 Å². The van der Waals surface area contributed by atoms with Crippen LogP contribution in [0.3, 0.4) is 0 Å². The molecule has 2 aliphatic heterocycles. The van der Waals surface area contributed by atoms with Crippen LogP contribution in [0.2, 0.25) is 0 Å². The first kappa shape index (κ1) is 31.4. The van der Waals surface area contributed by atoms with Crippen LogP contribution in [0, 0.1) is 0 Å². The average molecular weight is 638 g/mol. The van der Waals surface area contributed by atoms with Gasteiger partial charge in [0.15, 0.2) is 11.2 Å². The van der Waals surface area contributed by atoms with Crippen LogP contribution in [0.4, 0.5) is 23.7 Å². The van der Waals surface area contributed by atoms with Gasteiger partial charge in [-0.2, -0.15) is 18.2 Å². The summed E-state index contributed by atoms with van der Waals surface area (Å²) in [7, 11) is 0. The van der Waals surface area contributed by atoms with Crippen molar-refractivity contribution in [2.24, 2.45) is 0 Å². The number of hydrogen-bond donors (Lipinski definition) is 2. The molecule has 46 heavy (non-hydrogen) atoms. The quantitative estimate of drug-likeness (QED) is 0.299. The molecule has 5 heterocycles. The monoisotopic (exact) mass is 637 g/mol. The standard InChI is InChI=1S/C31H34F3N9O3/c1-3-19-16-43(17-21-11-23(13-35-26(19)21)46-29-27-28(37-18-38-29)40-25(44)14-36-27)30(45)39-22-6-5-20(24(12-22)31(32,33)34)15-42-9-7-41(4-2)8-10-42/h5-6,11-14,18-19H,3-4,7-10,15-17H2,1-2H3,(H,39,45)(H,37,38,40,44). The van der Waals surface area contributed by atoms with Gasteiger partial charge in [0.1, 0.15) is 12.1 Å². The van der Waals surface area contributed by atoms with Crippen molar-refractivity contribution in [3.8, 4) is 11.6 Å². The maximum absolute atomic E-state index is 14.2. The molecule has 3 aromatic heterocycles. The van der Waals surface area contributed by atoms with Gasteiger partial charge in [0.05, 0.1) is 23.7 Å². The van der Waals surface area contributed by atoms with Gasteiger partial charge in [0.2, 0.25) is 0 Å². The molecule has 4 aromatic rings. The number of hydrogen-bond acceptors (Lipinski definition) is 9. The molecule has 12 nitrogen and oxygen atoms in total. The van der Waals surface area contributed by atoms with Crippen molar-refractivity contribution >= 4 is 22.9 Å². The number of aromatic nitrogens is 5. The van der Waals surface area contributed by atoms with Crippen molar-refractivity contribution in [2.45, 2.75) is 45.5 Å². The molecule has 6 rings (SSSR count). The number of ether oxygens (including phenoxy) is 1. The Labute approximate surface area is 262 Å². The number of H-pyrrole nitrogens is 1. The summed E-state index contributed by atoms with van der Waals surface area (Å²) in [4.78, 5) is 50.3. The van der Waals surface area contributed by atoms with Crippen LogP contribution >= 0.6 is 0 Å². The summed E-state index contributed by atoms with van der Waals surface area (Å²) < 4.78 is 48.4. The fraction of sp³-hybridized carbons (Fsp3) is 0.419. The van der Waals surface area contributed by atoms with Gasteiger partial charge in [-0.3, -0.25) is 14.7 Å². The number of piperazine rings is 1. The highest BCUT2D eigenvalue weighted by Crippen LogP contribution is 2.36. The molecule has 0 saturated carbocycles. The Morgan fingerprint density at radius 2 is 1.83 bits per heavy atom. The van der Waals surface area contributed by atoms with Crippen molar-refractivity contribution in [1.82, 2.24) is 39.6 Å². The molecule has 0 aliphatic carbocycles. The number of anilines is 1. The fourth-order valence-corrected chi connectivity index (χ4v) is 5.94. The van der Waals surface area contributed by atoms with E-state index in [-0.39, 0.29) is 47.3 Å². The maximum atomic E-state index is 14.2. The van der Waals surface area contributed by atoms with Crippen LogP contribution in [0.1, 0.15) is 48.6 Å². The molecule has 0 radical (unpaired) electrons. The second-order valence-corrected chi connectivity index (χ2v) is 11.4. The number of urea groups is 1. The average Bonchev–Trinajstić information content (AvgIpc) is 3.04. The van der Waals surface area contributed by atoms with E-state index in [1.54, 1.807) is 17.2 Å². The number of alkyl halides is 3. The normalized spacial score (nSPS) is 17.6. The SMILES string of the molecule is CCC1CN(C(=O)Nc2ccc(CN3CCN(CC)CC3)c(C(F)(F)F)c2)Cc2cc(Oc3ncnc4[nH]c(=O)cnc34)cnc21. The smallest absolute Gasteiger partial charge is 0.416 e. The van der Waals surface area contributed by atoms with E-state index in [9.17, 15) is 22.8 Å². The van der Waals surface area contributed by atoms with Gasteiger partial charge in [0.25, 0.3) is 11.4 Å². The predicted octanol–water partition coefficient (Wildman–Crippen LogP) is 4.60. The van der Waals surface area contributed by atoms with Crippen LogP contribution in [-0.4, -0.2) is 84.9 Å². The largest absolute Gasteiger partial charge is 0.435 e. The highest BCUT2D eigenvalue weighted by atomic mass is 19.4. The van der Waals surface area contributed by atoms with E-state index in [0.717, 1.165) is 43.2 Å². The summed E-state index contributed by atoms with van der Waals surface area (Å²) in [5, 5.41) is 2.68. The summed E-state index contributed by atoms with van der Waals surface area (Å²) >= 11 is 0. The number of aromatic amines is 1. The fourth-order valence-electron chi connectivity index (χ4n) is 5.94. The highest BCUT2D eigenvalue weighted by molar-refractivity contribution is 5.89. The first-order valence-electron chi connectivity index (χ1n) is 15.2. The molecule has 1 fully saturated rings. The van der Waals surface area contributed by atoms with Crippen molar-refractivity contribution in [3.63, 3.8) is 0 Å². The van der Waals surface area contributed by atoms with E-state index >= 15 is 0 Å². The minimum absolute atomic E-state index is 0.0760. The number of likely N-dealkylation sites (N-methyl/N-ethyl adjacent to an activating group) is 1. The van der Waals surface area contributed by atoms with E-state index in [2.05, 4.69) is 42.1 Å². The summed E-state index contributed by atoms with van der Waals surface area (Å²) in [6.45, 7) is 8.75. The lowest BCUT2D eigenvalue weighted by atomic mass is 9.92.